The highest BCUT2D eigenvalue weighted by molar-refractivity contribution is 5.84. The van der Waals surface area contributed by atoms with Crippen molar-refractivity contribution in [2.24, 2.45) is 5.92 Å². The number of nitrogens with zero attached hydrogens (tertiary/aromatic N) is 1. The fraction of sp³-hybridized carbons (Fsp3) is 0.389. The minimum Gasteiger partial charge on any atom is -0.354 e. The Labute approximate surface area is 135 Å². The summed E-state index contributed by atoms with van der Waals surface area (Å²) in [7, 11) is 0. The average Bonchev–Trinajstić information content (AvgIpc) is 3.40. The van der Waals surface area contributed by atoms with Crippen LogP contribution >= 0.6 is 0 Å². The van der Waals surface area contributed by atoms with Crippen LogP contribution in [-0.4, -0.2) is 29.9 Å². The standard InChI is InChI=1S/C18H21N3O2/c22-17(20-12-18(23)19-11-13-5-6-13)10-9-15-8-7-14-3-1-2-4-16(14)21-15/h1-4,7-8,13H,5-6,9-12H2,(H,19,23)(H,20,22). The van der Waals surface area contributed by atoms with E-state index in [1.54, 1.807) is 0 Å². The Morgan fingerprint density at radius 3 is 2.70 bits per heavy atom. The molecule has 0 unspecified atom stereocenters. The number of pyridine rings is 1. The van der Waals surface area contributed by atoms with Crippen LogP contribution in [0.3, 0.4) is 0 Å². The Balaban J connectivity index is 1.41. The summed E-state index contributed by atoms with van der Waals surface area (Å²) >= 11 is 0. The number of carbonyl (C=O) groups excluding carboxylic acids is 2. The molecule has 1 fully saturated rings. The van der Waals surface area contributed by atoms with E-state index in [-0.39, 0.29) is 18.4 Å². The number of hydrogen-bond acceptors (Lipinski definition) is 3. The van der Waals surface area contributed by atoms with E-state index in [1.165, 1.54) is 12.8 Å². The third-order valence-electron chi connectivity index (χ3n) is 4.00. The van der Waals surface area contributed by atoms with E-state index in [2.05, 4.69) is 15.6 Å². The molecule has 2 N–H and O–H groups in total. The van der Waals surface area contributed by atoms with Crippen LogP contribution in [0.1, 0.15) is 25.0 Å². The maximum absolute atomic E-state index is 11.8. The second kappa shape index (κ2) is 7.22. The molecule has 5 nitrogen and oxygen atoms in total. The average molecular weight is 311 g/mol. The molecule has 5 heteroatoms. The Morgan fingerprint density at radius 2 is 1.87 bits per heavy atom. The van der Waals surface area contributed by atoms with Crippen molar-refractivity contribution in [2.45, 2.75) is 25.7 Å². The van der Waals surface area contributed by atoms with Gasteiger partial charge in [-0.3, -0.25) is 14.6 Å². The molecule has 1 aliphatic rings. The van der Waals surface area contributed by atoms with Gasteiger partial charge in [0.2, 0.25) is 11.8 Å². The van der Waals surface area contributed by atoms with E-state index >= 15 is 0 Å². The highest BCUT2D eigenvalue weighted by Gasteiger charge is 2.21. The molecule has 1 aromatic heterocycles. The molecule has 3 rings (SSSR count). The molecule has 0 bridgehead atoms. The van der Waals surface area contributed by atoms with Gasteiger partial charge in [-0.25, -0.2) is 0 Å². The van der Waals surface area contributed by atoms with Crippen molar-refractivity contribution in [3.05, 3.63) is 42.1 Å². The molecule has 0 aliphatic heterocycles. The largest absolute Gasteiger partial charge is 0.354 e. The number of benzene rings is 1. The van der Waals surface area contributed by atoms with E-state index in [9.17, 15) is 9.59 Å². The molecule has 2 amide bonds. The Hall–Kier alpha value is -2.43. The van der Waals surface area contributed by atoms with Crippen molar-refractivity contribution in [3.8, 4) is 0 Å². The van der Waals surface area contributed by atoms with Gasteiger partial charge >= 0.3 is 0 Å². The molecular weight excluding hydrogens is 290 g/mol. The fourth-order valence-electron chi connectivity index (χ4n) is 2.40. The van der Waals surface area contributed by atoms with E-state index in [1.807, 2.05) is 36.4 Å². The van der Waals surface area contributed by atoms with Gasteiger partial charge in [0.05, 0.1) is 12.1 Å². The lowest BCUT2D eigenvalue weighted by Gasteiger charge is -2.06. The summed E-state index contributed by atoms with van der Waals surface area (Å²) in [5, 5.41) is 6.57. The van der Waals surface area contributed by atoms with Gasteiger partial charge in [0.15, 0.2) is 0 Å². The number of carbonyl (C=O) groups is 2. The van der Waals surface area contributed by atoms with Crippen LogP contribution in [0.15, 0.2) is 36.4 Å². The molecule has 1 saturated carbocycles. The van der Waals surface area contributed by atoms with E-state index in [4.69, 9.17) is 0 Å². The van der Waals surface area contributed by atoms with Gasteiger partial charge in [0, 0.05) is 24.0 Å². The Bertz CT molecular complexity index is 710. The van der Waals surface area contributed by atoms with Crippen molar-refractivity contribution in [3.63, 3.8) is 0 Å². The highest BCUT2D eigenvalue weighted by Crippen LogP contribution is 2.27. The quantitative estimate of drug-likeness (QED) is 0.819. The molecule has 0 spiro atoms. The van der Waals surface area contributed by atoms with Crippen LogP contribution in [-0.2, 0) is 16.0 Å². The van der Waals surface area contributed by atoms with E-state index in [0.717, 1.165) is 23.1 Å². The molecule has 120 valence electrons. The zero-order valence-corrected chi connectivity index (χ0v) is 13.0. The van der Waals surface area contributed by atoms with Crippen LogP contribution in [0.25, 0.3) is 10.9 Å². The first-order valence-corrected chi connectivity index (χ1v) is 8.09. The van der Waals surface area contributed by atoms with Crippen molar-refractivity contribution < 1.29 is 9.59 Å². The second-order valence-corrected chi connectivity index (χ2v) is 6.02. The van der Waals surface area contributed by atoms with Crippen LogP contribution in [0, 0.1) is 5.92 Å². The van der Waals surface area contributed by atoms with E-state index < -0.39 is 0 Å². The maximum atomic E-state index is 11.8. The monoisotopic (exact) mass is 311 g/mol. The van der Waals surface area contributed by atoms with Crippen molar-refractivity contribution >= 4 is 22.7 Å². The molecule has 0 saturated heterocycles. The first-order valence-electron chi connectivity index (χ1n) is 8.09. The number of aromatic nitrogens is 1. The summed E-state index contributed by atoms with van der Waals surface area (Å²) in [6, 6.07) is 11.9. The predicted molar refractivity (Wildman–Crippen MR) is 88.8 cm³/mol. The summed E-state index contributed by atoms with van der Waals surface area (Å²) < 4.78 is 0. The topological polar surface area (TPSA) is 71.1 Å². The zero-order valence-electron chi connectivity index (χ0n) is 13.0. The molecular formula is C18H21N3O2. The maximum Gasteiger partial charge on any atom is 0.239 e. The zero-order chi connectivity index (χ0) is 16.1. The molecule has 23 heavy (non-hydrogen) atoms. The summed E-state index contributed by atoms with van der Waals surface area (Å²) in [6.07, 6.45) is 3.30. The van der Waals surface area contributed by atoms with Crippen molar-refractivity contribution in [1.29, 1.82) is 0 Å². The Morgan fingerprint density at radius 1 is 1.04 bits per heavy atom. The summed E-state index contributed by atoms with van der Waals surface area (Å²) in [4.78, 5) is 27.9. The Kier molecular flexibility index (Phi) is 4.86. The lowest BCUT2D eigenvalue weighted by Crippen LogP contribution is -2.37. The van der Waals surface area contributed by atoms with Crippen molar-refractivity contribution in [2.75, 3.05) is 13.1 Å². The van der Waals surface area contributed by atoms with Gasteiger partial charge in [-0.2, -0.15) is 0 Å². The predicted octanol–water partition coefficient (Wildman–Crippen LogP) is 1.81. The van der Waals surface area contributed by atoms with Gasteiger partial charge in [0.1, 0.15) is 0 Å². The third-order valence-corrected chi connectivity index (χ3v) is 4.00. The minimum absolute atomic E-state index is 0.0523. The fourth-order valence-corrected chi connectivity index (χ4v) is 2.40. The summed E-state index contributed by atoms with van der Waals surface area (Å²) in [5.74, 6) is 0.407. The van der Waals surface area contributed by atoms with Gasteiger partial charge in [0.25, 0.3) is 0 Å². The van der Waals surface area contributed by atoms with Gasteiger partial charge in [-0.15, -0.1) is 0 Å². The minimum atomic E-state index is -0.124. The van der Waals surface area contributed by atoms with Crippen LogP contribution < -0.4 is 10.6 Å². The van der Waals surface area contributed by atoms with Crippen molar-refractivity contribution in [1.82, 2.24) is 15.6 Å². The smallest absolute Gasteiger partial charge is 0.239 e. The number of fused-ring (bicyclic) bond motifs is 1. The number of nitrogens with one attached hydrogen (secondary N) is 2. The second-order valence-electron chi connectivity index (χ2n) is 6.02. The number of para-hydroxylation sites is 1. The number of aryl methyl sites for hydroxylation is 1. The van der Waals surface area contributed by atoms with Crippen LogP contribution in [0.5, 0.6) is 0 Å². The van der Waals surface area contributed by atoms with Gasteiger partial charge < -0.3 is 10.6 Å². The molecule has 1 heterocycles. The van der Waals surface area contributed by atoms with Gasteiger partial charge in [-0.05, 0) is 37.3 Å². The SMILES string of the molecule is O=C(CCc1ccc2ccccc2n1)NCC(=O)NCC1CC1. The summed E-state index contributed by atoms with van der Waals surface area (Å²) in [5.41, 5.74) is 1.82. The normalized spacial score (nSPS) is 13.7. The number of rotatable bonds is 7. The molecule has 0 radical (unpaired) electrons. The molecule has 1 aliphatic carbocycles. The molecule has 1 aromatic carbocycles. The summed E-state index contributed by atoms with van der Waals surface area (Å²) in [6.45, 7) is 0.784. The molecule has 0 atom stereocenters. The van der Waals surface area contributed by atoms with Gasteiger partial charge in [-0.1, -0.05) is 24.3 Å². The van der Waals surface area contributed by atoms with Crippen LogP contribution in [0.4, 0.5) is 0 Å². The third kappa shape index (κ3) is 4.77. The van der Waals surface area contributed by atoms with Crippen LogP contribution in [0.2, 0.25) is 0 Å². The first kappa shape index (κ1) is 15.5. The first-order chi connectivity index (χ1) is 11.2. The lowest BCUT2D eigenvalue weighted by molar-refractivity contribution is -0.126. The lowest BCUT2D eigenvalue weighted by atomic mass is 10.1. The number of hydrogen-bond donors (Lipinski definition) is 2. The number of amides is 2. The van der Waals surface area contributed by atoms with E-state index in [0.29, 0.717) is 18.8 Å². The highest BCUT2D eigenvalue weighted by atomic mass is 16.2. The molecule has 2 aromatic rings.